The number of hydrogen-bond donors (Lipinski definition) is 3. The summed E-state index contributed by atoms with van der Waals surface area (Å²) in [5.74, 6) is -0.465. The number of carbonyl (C=O) groups is 1. The van der Waals surface area contributed by atoms with E-state index >= 15 is 0 Å². The van der Waals surface area contributed by atoms with Crippen molar-refractivity contribution in [2.75, 3.05) is 31.0 Å². The minimum atomic E-state index is -3.30. The molecule has 0 fully saturated rings. The molecule has 0 amide bonds. The number of nitrogen functional groups attached to an aromatic ring is 1. The van der Waals surface area contributed by atoms with Crippen molar-refractivity contribution in [1.82, 2.24) is 4.72 Å². The molecule has 7 nitrogen and oxygen atoms in total. The average Bonchev–Trinajstić information content (AvgIpc) is 2.33. The van der Waals surface area contributed by atoms with Gasteiger partial charge in [-0.05, 0) is 32.0 Å². The summed E-state index contributed by atoms with van der Waals surface area (Å²) in [6, 6.07) is 4.74. The number of ether oxygens (including phenoxy) is 1. The van der Waals surface area contributed by atoms with Crippen LogP contribution < -0.4 is 15.8 Å². The van der Waals surface area contributed by atoms with Crippen LogP contribution in [0, 0.1) is 0 Å². The molecule has 0 saturated carbocycles. The number of nitrogens with two attached hydrogens (primary N) is 1. The van der Waals surface area contributed by atoms with Crippen LogP contribution in [-0.2, 0) is 14.8 Å². The topological polar surface area (TPSA) is 111 Å². The summed E-state index contributed by atoms with van der Waals surface area (Å²) < 4.78 is 29.7. The van der Waals surface area contributed by atoms with Gasteiger partial charge in [-0.1, -0.05) is 0 Å². The van der Waals surface area contributed by atoms with Crippen molar-refractivity contribution in [3.8, 4) is 0 Å². The number of sulfonamides is 1. The van der Waals surface area contributed by atoms with Gasteiger partial charge in [0.15, 0.2) is 0 Å². The molecule has 0 spiro atoms. The number of esters is 1. The van der Waals surface area contributed by atoms with Crippen molar-refractivity contribution in [3.05, 3.63) is 23.8 Å². The lowest BCUT2D eigenvalue weighted by molar-refractivity contribution is 0.0601. The molecule has 118 valence electrons. The van der Waals surface area contributed by atoms with Gasteiger partial charge < -0.3 is 15.8 Å². The Balaban J connectivity index is 2.78. The van der Waals surface area contributed by atoms with Crippen LogP contribution in [0.15, 0.2) is 18.2 Å². The third kappa shape index (κ3) is 5.60. The van der Waals surface area contributed by atoms with Gasteiger partial charge in [-0.2, -0.15) is 0 Å². The van der Waals surface area contributed by atoms with Crippen LogP contribution >= 0.6 is 0 Å². The fourth-order valence-corrected chi connectivity index (χ4v) is 2.90. The summed E-state index contributed by atoms with van der Waals surface area (Å²) in [5, 5.41) is 3.06. The number of rotatable bonds is 6. The SMILES string of the molecule is COC(=O)c1ccc(NCC(C)(C)NS(C)(=O)=O)c(N)c1. The molecule has 1 aromatic rings. The first-order valence-corrected chi connectivity index (χ1v) is 8.14. The molecule has 0 aliphatic carbocycles. The zero-order valence-corrected chi connectivity index (χ0v) is 13.4. The Morgan fingerprint density at radius 3 is 2.48 bits per heavy atom. The molecule has 21 heavy (non-hydrogen) atoms. The fourth-order valence-electron chi connectivity index (χ4n) is 1.82. The lowest BCUT2D eigenvalue weighted by Crippen LogP contribution is -2.47. The highest BCUT2D eigenvalue weighted by Crippen LogP contribution is 2.21. The molecule has 1 aromatic carbocycles. The quantitative estimate of drug-likeness (QED) is 0.529. The first-order valence-electron chi connectivity index (χ1n) is 6.25. The predicted octanol–water partition coefficient (Wildman–Crippen LogP) is 0.795. The third-order valence-electron chi connectivity index (χ3n) is 2.66. The molecule has 0 aliphatic heterocycles. The molecule has 0 saturated heterocycles. The zero-order valence-electron chi connectivity index (χ0n) is 12.6. The van der Waals surface area contributed by atoms with E-state index in [1.165, 1.54) is 13.2 Å². The van der Waals surface area contributed by atoms with Crippen LogP contribution in [0.5, 0.6) is 0 Å². The lowest BCUT2D eigenvalue weighted by atomic mass is 10.1. The Hall–Kier alpha value is -1.80. The molecule has 0 atom stereocenters. The maximum absolute atomic E-state index is 11.4. The number of benzene rings is 1. The summed E-state index contributed by atoms with van der Waals surface area (Å²) in [6.07, 6.45) is 1.11. The number of nitrogens with one attached hydrogen (secondary N) is 2. The highest BCUT2D eigenvalue weighted by Gasteiger charge is 2.22. The van der Waals surface area contributed by atoms with E-state index < -0.39 is 21.5 Å². The van der Waals surface area contributed by atoms with Gasteiger partial charge in [-0.3, -0.25) is 0 Å². The Bertz CT molecular complexity index is 626. The van der Waals surface area contributed by atoms with E-state index in [-0.39, 0.29) is 0 Å². The number of carbonyl (C=O) groups excluding carboxylic acids is 1. The van der Waals surface area contributed by atoms with Crippen molar-refractivity contribution in [2.45, 2.75) is 19.4 Å². The van der Waals surface area contributed by atoms with E-state index in [4.69, 9.17) is 5.73 Å². The summed E-state index contributed by atoms with van der Waals surface area (Å²) in [7, 11) is -2.00. The second-order valence-electron chi connectivity index (χ2n) is 5.41. The molecule has 0 radical (unpaired) electrons. The Morgan fingerprint density at radius 1 is 1.38 bits per heavy atom. The van der Waals surface area contributed by atoms with Gasteiger partial charge in [0, 0.05) is 12.1 Å². The summed E-state index contributed by atoms with van der Waals surface area (Å²) in [4.78, 5) is 11.4. The van der Waals surface area contributed by atoms with E-state index in [0.29, 0.717) is 23.5 Å². The van der Waals surface area contributed by atoms with Gasteiger partial charge in [-0.15, -0.1) is 0 Å². The highest BCUT2D eigenvalue weighted by atomic mass is 32.2. The van der Waals surface area contributed by atoms with Crippen LogP contribution in [0.25, 0.3) is 0 Å². The second-order valence-corrected chi connectivity index (χ2v) is 7.15. The van der Waals surface area contributed by atoms with E-state index in [1.807, 2.05) is 0 Å². The van der Waals surface area contributed by atoms with Gasteiger partial charge >= 0.3 is 5.97 Å². The van der Waals surface area contributed by atoms with Crippen LogP contribution in [0.3, 0.4) is 0 Å². The summed E-state index contributed by atoms with van der Waals surface area (Å²) in [5.41, 5.74) is 6.54. The maximum atomic E-state index is 11.4. The van der Waals surface area contributed by atoms with Gasteiger partial charge in [-0.25, -0.2) is 17.9 Å². The minimum absolute atomic E-state index is 0.335. The molecule has 0 heterocycles. The molecular formula is C13H21N3O4S. The monoisotopic (exact) mass is 315 g/mol. The summed E-state index contributed by atoms with van der Waals surface area (Å²) in [6.45, 7) is 3.84. The van der Waals surface area contributed by atoms with E-state index in [0.717, 1.165) is 6.26 Å². The van der Waals surface area contributed by atoms with Crippen molar-refractivity contribution in [1.29, 1.82) is 0 Å². The maximum Gasteiger partial charge on any atom is 0.337 e. The molecule has 1 rings (SSSR count). The van der Waals surface area contributed by atoms with Crippen molar-refractivity contribution in [2.24, 2.45) is 0 Å². The lowest BCUT2D eigenvalue weighted by Gasteiger charge is -2.26. The molecule has 0 bridgehead atoms. The zero-order chi connectivity index (χ0) is 16.3. The van der Waals surface area contributed by atoms with Crippen LogP contribution in [-0.4, -0.2) is 39.8 Å². The summed E-state index contributed by atoms with van der Waals surface area (Å²) >= 11 is 0. The molecule has 8 heteroatoms. The smallest absolute Gasteiger partial charge is 0.337 e. The Kier molecular flexibility index (Phi) is 5.19. The van der Waals surface area contributed by atoms with Crippen LogP contribution in [0.2, 0.25) is 0 Å². The van der Waals surface area contributed by atoms with Crippen molar-refractivity contribution >= 4 is 27.4 Å². The molecular weight excluding hydrogens is 294 g/mol. The molecule has 0 aliphatic rings. The third-order valence-corrected chi connectivity index (χ3v) is 3.58. The fraction of sp³-hybridized carbons (Fsp3) is 0.462. The predicted molar refractivity (Wildman–Crippen MR) is 82.7 cm³/mol. The van der Waals surface area contributed by atoms with Crippen molar-refractivity contribution in [3.63, 3.8) is 0 Å². The largest absolute Gasteiger partial charge is 0.465 e. The highest BCUT2D eigenvalue weighted by molar-refractivity contribution is 7.88. The minimum Gasteiger partial charge on any atom is -0.465 e. The average molecular weight is 315 g/mol. The first kappa shape index (κ1) is 17.3. The first-order chi connectivity index (χ1) is 9.54. The van der Waals surface area contributed by atoms with Crippen LogP contribution in [0.4, 0.5) is 11.4 Å². The Morgan fingerprint density at radius 2 is 2.00 bits per heavy atom. The molecule has 0 aromatic heterocycles. The number of methoxy groups -OCH3 is 1. The number of anilines is 2. The molecule has 0 unspecified atom stereocenters. The van der Waals surface area contributed by atoms with E-state index in [2.05, 4.69) is 14.8 Å². The van der Waals surface area contributed by atoms with Gasteiger partial charge in [0.25, 0.3) is 0 Å². The van der Waals surface area contributed by atoms with E-state index in [9.17, 15) is 13.2 Å². The standard InChI is InChI=1S/C13H21N3O4S/c1-13(2,16-21(4,18)19)8-15-11-6-5-9(7-10(11)14)12(17)20-3/h5-7,15-16H,8,14H2,1-4H3. The Labute approximate surface area is 124 Å². The normalized spacial score (nSPS) is 12.0. The van der Waals surface area contributed by atoms with E-state index in [1.54, 1.807) is 26.0 Å². The van der Waals surface area contributed by atoms with Gasteiger partial charge in [0.2, 0.25) is 10.0 Å². The molecule has 4 N–H and O–H groups in total. The van der Waals surface area contributed by atoms with Crippen LogP contribution in [0.1, 0.15) is 24.2 Å². The second kappa shape index (κ2) is 6.31. The number of hydrogen-bond acceptors (Lipinski definition) is 6. The van der Waals surface area contributed by atoms with Crippen molar-refractivity contribution < 1.29 is 17.9 Å². The van der Waals surface area contributed by atoms with Gasteiger partial charge in [0.05, 0.1) is 30.3 Å². The van der Waals surface area contributed by atoms with Gasteiger partial charge in [0.1, 0.15) is 0 Å².